The first kappa shape index (κ1) is 13.3. The van der Waals surface area contributed by atoms with Gasteiger partial charge in [-0.05, 0) is 25.0 Å². The van der Waals surface area contributed by atoms with E-state index in [1.165, 1.54) is 6.92 Å². The van der Waals surface area contributed by atoms with E-state index in [-0.39, 0.29) is 12.1 Å². The van der Waals surface area contributed by atoms with Gasteiger partial charge in [0, 0.05) is 12.5 Å². The molecular formula is C17H18O2. The van der Waals surface area contributed by atoms with E-state index >= 15 is 0 Å². The number of ether oxygens (including phenoxy) is 1. The molecule has 0 N–H and O–H groups in total. The SMILES string of the molecule is CC(=O)OC(c1ccccc1)c1cc(C)ccc1C. The largest absolute Gasteiger partial charge is 0.453 e. The fourth-order valence-electron chi connectivity index (χ4n) is 2.15. The molecule has 0 spiro atoms. The first-order valence-electron chi connectivity index (χ1n) is 6.37. The monoisotopic (exact) mass is 254 g/mol. The van der Waals surface area contributed by atoms with Crippen molar-refractivity contribution >= 4 is 5.97 Å². The average molecular weight is 254 g/mol. The van der Waals surface area contributed by atoms with Crippen molar-refractivity contribution in [1.29, 1.82) is 0 Å². The summed E-state index contributed by atoms with van der Waals surface area (Å²) in [5.41, 5.74) is 4.32. The van der Waals surface area contributed by atoms with Gasteiger partial charge in [-0.1, -0.05) is 54.1 Å². The topological polar surface area (TPSA) is 26.3 Å². The van der Waals surface area contributed by atoms with Crippen molar-refractivity contribution in [3.05, 3.63) is 70.8 Å². The van der Waals surface area contributed by atoms with Crippen molar-refractivity contribution in [2.45, 2.75) is 26.9 Å². The van der Waals surface area contributed by atoms with Crippen LogP contribution in [-0.2, 0) is 9.53 Å². The lowest BCUT2D eigenvalue weighted by atomic mass is 9.95. The van der Waals surface area contributed by atoms with Crippen LogP contribution < -0.4 is 0 Å². The van der Waals surface area contributed by atoms with E-state index in [2.05, 4.69) is 18.2 Å². The molecule has 0 radical (unpaired) electrons. The third-order valence-corrected chi connectivity index (χ3v) is 3.10. The van der Waals surface area contributed by atoms with Crippen LogP contribution in [-0.4, -0.2) is 5.97 Å². The summed E-state index contributed by atoms with van der Waals surface area (Å²) in [7, 11) is 0. The normalized spacial score (nSPS) is 11.9. The maximum atomic E-state index is 11.4. The van der Waals surface area contributed by atoms with Crippen LogP contribution in [0.2, 0.25) is 0 Å². The minimum Gasteiger partial charge on any atom is -0.453 e. The predicted octanol–water partition coefficient (Wildman–Crippen LogP) is 3.96. The lowest BCUT2D eigenvalue weighted by molar-refractivity contribution is -0.144. The molecule has 2 rings (SSSR count). The van der Waals surface area contributed by atoms with Gasteiger partial charge in [0.25, 0.3) is 0 Å². The minimum absolute atomic E-state index is 0.269. The van der Waals surface area contributed by atoms with E-state index in [0.29, 0.717) is 0 Å². The lowest BCUT2D eigenvalue weighted by Crippen LogP contribution is -2.11. The Morgan fingerprint density at radius 3 is 2.37 bits per heavy atom. The molecule has 0 saturated heterocycles. The molecule has 2 nitrogen and oxygen atoms in total. The van der Waals surface area contributed by atoms with Gasteiger partial charge in [0.15, 0.2) is 6.10 Å². The summed E-state index contributed by atoms with van der Waals surface area (Å²) in [6, 6.07) is 16.0. The van der Waals surface area contributed by atoms with Gasteiger partial charge in [-0.3, -0.25) is 4.79 Å². The second kappa shape index (κ2) is 5.70. The highest BCUT2D eigenvalue weighted by atomic mass is 16.5. The van der Waals surface area contributed by atoms with Crippen LogP contribution >= 0.6 is 0 Å². The Kier molecular flexibility index (Phi) is 4.00. The van der Waals surface area contributed by atoms with Gasteiger partial charge in [0.2, 0.25) is 0 Å². The minimum atomic E-state index is -0.335. The summed E-state index contributed by atoms with van der Waals surface area (Å²) >= 11 is 0. The number of hydrogen-bond acceptors (Lipinski definition) is 2. The van der Waals surface area contributed by atoms with Gasteiger partial charge in [0.1, 0.15) is 0 Å². The van der Waals surface area contributed by atoms with Crippen LogP contribution in [0, 0.1) is 13.8 Å². The highest BCUT2D eigenvalue weighted by molar-refractivity contribution is 5.67. The molecular weight excluding hydrogens is 236 g/mol. The van der Waals surface area contributed by atoms with Crippen molar-refractivity contribution in [3.8, 4) is 0 Å². The first-order chi connectivity index (χ1) is 9.08. The summed E-state index contributed by atoms with van der Waals surface area (Å²) in [5.74, 6) is -0.269. The zero-order chi connectivity index (χ0) is 13.8. The van der Waals surface area contributed by atoms with Gasteiger partial charge in [-0.25, -0.2) is 0 Å². The lowest BCUT2D eigenvalue weighted by Gasteiger charge is -2.20. The number of hydrogen-bond donors (Lipinski definition) is 0. The van der Waals surface area contributed by atoms with E-state index in [0.717, 1.165) is 22.3 Å². The third kappa shape index (κ3) is 3.22. The molecule has 0 aliphatic carbocycles. The maximum Gasteiger partial charge on any atom is 0.303 e. The molecule has 0 amide bonds. The second-order valence-corrected chi connectivity index (χ2v) is 4.76. The van der Waals surface area contributed by atoms with Gasteiger partial charge in [0.05, 0.1) is 0 Å². The van der Waals surface area contributed by atoms with E-state index in [1.807, 2.05) is 44.2 Å². The van der Waals surface area contributed by atoms with Crippen molar-refractivity contribution in [2.75, 3.05) is 0 Å². The molecule has 0 bridgehead atoms. The van der Waals surface area contributed by atoms with E-state index < -0.39 is 0 Å². The Hall–Kier alpha value is -2.09. The standard InChI is InChI=1S/C17H18O2/c1-12-9-10-13(2)16(11-12)17(19-14(3)18)15-7-5-4-6-8-15/h4-11,17H,1-3H3. The molecule has 98 valence electrons. The molecule has 0 fully saturated rings. The summed E-state index contributed by atoms with van der Waals surface area (Å²) in [5, 5.41) is 0. The van der Waals surface area contributed by atoms with Gasteiger partial charge in [-0.15, -0.1) is 0 Å². The zero-order valence-electron chi connectivity index (χ0n) is 11.5. The average Bonchev–Trinajstić information content (AvgIpc) is 2.40. The quantitative estimate of drug-likeness (QED) is 0.775. The first-order valence-corrected chi connectivity index (χ1v) is 6.37. The molecule has 19 heavy (non-hydrogen) atoms. The Balaban J connectivity index is 2.48. The van der Waals surface area contributed by atoms with Crippen molar-refractivity contribution < 1.29 is 9.53 Å². The summed E-state index contributed by atoms with van der Waals surface area (Å²) in [6.45, 7) is 5.52. The van der Waals surface area contributed by atoms with Crippen LogP contribution in [0.4, 0.5) is 0 Å². The second-order valence-electron chi connectivity index (χ2n) is 4.76. The summed E-state index contributed by atoms with van der Waals surface area (Å²) in [6.07, 6.45) is -0.335. The Morgan fingerprint density at radius 1 is 1.05 bits per heavy atom. The van der Waals surface area contributed by atoms with Crippen LogP contribution in [0.15, 0.2) is 48.5 Å². The van der Waals surface area contributed by atoms with Crippen LogP contribution in [0.5, 0.6) is 0 Å². The van der Waals surface area contributed by atoms with Crippen LogP contribution in [0.3, 0.4) is 0 Å². The fraction of sp³-hybridized carbons (Fsp3) is 0.235. The molecule has 1 unspecified atom stereocenters. The van der Waals surface area contributed by atoms with E-state index in [1.54, 1.807) is 0 Å². The molecule has 2 aromatic carbocycles. The highest BCUT2D eigenvalue weighted by Gasteiger charge is 2.19. The van der Waals surface area contributed by atoms with Gasteiger partial charge < -0.3 is 4.74 Å². The van der Waals surface area contributed by atoms with Crippen LogP contribution in [0.25, 0.3) is 0 Å². The smallest absolute Gasteiger partial charge is 0.303 e. The number of carbonyl (C=O) groups is 1. The van der Waals surface area contributed by atoms with Crippen molar-refractivity contribution in [3.63, 3.8) is 0 Å². The molecule has 0 aromatic heterocycles. The number of esters is 1. The fourth-order valence-corrected chi connectivity index (χ4v) is 2.15. The van der Waals surface area contributed by atoms with Crippen LogP contribution in [0.1, 0.15) is 35.3 Å². The number of carbonyl (C=O) groups excluding carboxylic acids is 1. The molecule has 0 aliphatic heterocycles. The zero-order valence-corrected chi connectivity index (χ0v) is 11.5. The summed E-state index contributed by atoms with van der Waals surface area (Å²) < 4.78 is 5.52. The predicted molar refractivity (Wildman–Crippen MR) is 76.0 cm³/mol. The summed E-state index contributed by atoms with van der Waals surface area (Å²) in [4.78, 5) is 11.4. The Bertz CT molecular complexity index is 573. The molecule has 0 saturated carbocycles. The number of benzene rings is 2. The van der Waals surface area contributed by atoms with E-state index in [9.17, 15) is 4.79 Å². The molecule has 2 heteroatoms. The maximum absolute atomic E-state index is 11.4. The van der Waals surface area contributed by atoms with E-state index in [4.69, 9.17) is 4.74 Å². The number of aryl methyl sites for hydroxylation is 2. The molecule has 0 aliphatic rings. The van der Waals surface area contributed by atoms with Crippen molar-refractivity contribution in [1.82, 2.24) is 0 Å². The number of rotatable bonds is 3. The third-order valence-electron chi connectivity index (χ3n) is 3.10. The van der Waals surface area contributed by atoms with Gasteiger partial charge >= 0.3 is 5.97 Å². The Labute approximate surface area is 114 Å². The van der Waals surface area contributed by atoms with Gasteiger partial charge in [-0.2, -0.15) is 0 Å². The van der Waals surface area contributed by atoms with Crippen molar-refractivity contribution in [2.24, 2.45) is 0 Å². The molecule has 2 aromatic rings. The Morgan fingerprint density at radius 2 is 1.74 bits per heavy atom. The molecule has 0 heterocycles. The highest BCUT2D eigenvalue weighted by Crippen LogP contribution is 2.29. The molecule has 1 atom stereocenters.